The van der Waals surface area contributed by atoms with Crippen molar-refractivity contribution in [1.82, 2.24) is 5.32 Å². The van der Waals surface area contributed by atoms with Crippen LogP contribution < -0.4 is 10.2 Å². The zero-order chi connectivity index (χ0) is 24.0. The fraction of sp³-hybridized carbons (Fsp3) is 0.476. The third kappa shape index (κ3) is 6.51. The van der Waals surface area contributed by atoms with E-state index in [0.29, 0.717) is 16.8 Å². The van der Waals surface area contributed by atoms with Gasteiger partial charge in [-0.05, 0) is 30.2 Å². The summed E-state index contributed by atoms with van der Waals surface area (Å²) in [7, 11) is -1.35. The van der Waals surface area contributed by atoms with Crippen LogP contribution in [0.25, 0.3) is 5.57 Å². The van der Waals surface area contributed by atoms with Crippen molar-refractivity contribution in [2.24, 2.45) is 4.36 Å². The summed E-state index contributed by atoms with van der Waals surface area (Å²) in [4.78, 5) is 36.2. The molecule has 2 aliphatic rings. The average Bonchev–Trinajstić information content (AvgIpc) is 3.13. The molecule has 1 N–H and O–H groups in total. The van der Waals surface area contributed by atoms with Crippen molar-refractivity contribution in [3.05, 3.63) is 35.7 Å². The van der Waals surface area contributed by atoms with Gasteiger partial charge in [-0.15, -0.1) is 4.36 Å². The van der Waals surface area contributed by atoms with E-state index in [0.717, 1.165) is 0 Å². The molecule has 3 rings (SSSR count). The normalized spacial score (nSPS) is 22.4. The Labute approximate surface area is 191 Å². The second kappa shape index (κ2) is 10.8. The number of nitrogens with one attached hydrogen (secondary N) is 1. The second-order valence-corrected chi connectivity index (χ2v) is 10.0. The molecular weight excluding hydrogens is 457 g/mol. The minimum absolute atomic E-state index is 0.00613. The average molecular weight is 484 g/mol. The summed E-state index contributed by atoms with van der Waals surface area (Å²) in [5, 5.41) is 2.58. The first-order valence-corrected chi connectivity index (χ1v) is 12.2. The number of hydrogen-bond acceptors (Lipinski definition) is 7. The number of allylic oxidation sites excluding steroid dienone is 1. The number of ether oxygens (including phenoxy) is 3. The molecule has 1 unspecified atom stereocenters. The molecule has 33 heavy (non-hydrogen) atoms. The molecule has 1 saturated heterocycles. The molecule has 0 bridgehead atoms. The zero-order valence-electron chi connectivity index (χ0n) is 18.4. The Morgan fingerprint density at radius 1 is 1.36 bits per heavy atom. The summed E-state index contributed by atoms with van der Waals surface area (Å²) in [5.41, 5.74) is 1.30. The smallest absolute Gasteiger partial charge is 0.441 e. The highest BCUT2D eigenvalue weighted by molar-refractivity contribution is 7.94. The van der Waals surface area contributed by atoms with Gasteiger partial charge in [0.05, 0.1) is 40.9 Å². The first-order valence-electron chi connectivity index (χ1n) is 10.3. The van der Waals surface area contributed by atoms with Crippen LogP contribution in [0.3, 0.4) is 0 Å². The number of carbonyl (C=O) groups excluding carboxylic acids is 3. The molecule has 3 amide bonds. The van der Waals surface area contributed by atoms with Crippen LogP contribution in [0.1, 0.15) is 18.9 Å². The number of nitrogens with zero attached hydrogens (tertiary/aromatic N) is 2. The lowest BCUT2D eigenvalue weighted by Gasteiger charge is -2.19. The Kier molecular flexibility index (Phi) is 8.03. The molecule has 2 atom stereocenters. The van der Waals surface area contributed by atoms with Crippen molar-refractivity contribution >= 4 is 39.1 Å². The molecule has 12 heteroatoms. The zero-order valence-corrected chi connectivity index (χ0v) is 19.2. The maximum Gasteiger partial charge on any atom is 0.441 e. The van der Waals surface area contributed by atoms with Crippen LogP contribution in [-0.4, -0.2) is 73.3 Å². The van der Waals surface area contributed by atoms with Gasteiger partial charge in [0.25, 0.3) is 0 Å². The molecule has 0 saturated carbocycles. The highest BCUT2D eigenvalue weighted by Gasteiger charge is 2.33. The van der Waals surface area contributed by atoms with Gasteiger partial charge in [0.15, 0.2) is 0 Å². The first-order chi connectivity index (χ1) is 15.7. The summed E-state index contributed by atoms with van der Waals surface area (Å²) in [5.74, 6) is -0.670. The van der Waals surface area contributed by atoms with Crippen molar-refractivity contribution in [3.63, 3.8) is 0 Å². The number of halogens is 1. The maximum absolute atomic E-state index is 14.9. The standard InChI is InChI=1S/C21H26FN3O7S/c1-14(26)23-12-17-13-25(21(28)32-17)16-3-4-18(19(22)11-16)15-5-9-33(29,10-6-15)24-20(27)31-8-7-30-2/h3-5,11,17H,6-10,12-13H2,1-2H3,(H,23,26)/t17-,33?/m0/s1. The van der Waals surface area contributed by atoms with Crippen LogP contribution in [0.15, 0.2) is 28.6 Å². The van der Waals surface area contributed by atoms with Crippen LogP contribution in [-0.2, 0) is 28.7 Å². The summed E-state index contributed by atoms with van der Waals surface area (Å²) in [6.45, 7) is 1.96. The van der Waals surface area contributed by atoms with Crippen LogP contribution >= 0.6 is 0 Å². The van der Waals surface area contributed by atoms with Gasteiger partial charge in [-0.2, -0.15) is 0 Å². The largest absolute Gasteiger partial charge is 0.445 e. The number of benzene rings is 1. The Morgan fingerprint density at radius 2 is 2.15 bits per heavy atom. The highest BCUT2D eigenvalue weighted by Crippen LogP contribution is 2.30. The fourth-order valence-electron chi connectivity index (χ4n) is 3.42. The fourth-order valence-corrected chi connectivity index (χ4v) is 5.07. The molecule has 180 valence electrons. The minimum Gasteiger partial charge on any atom is -0.445 e. The molecule has 1 aromatic rings. The summed E-state index contributed by atoms with van der Waals surface area (Å²) >= 11 is 0. The van der Waals surface area contributed by atoms with E-state index < -0.39 is 33.8 Å². The van der Waals surface area contributed by atoms with E-state index in [1.807, 2.05) is 0 Å². The van der Waals surface area contributed by atoms with Crippen molar-refractivity contribution in [3.8, 4) is 0 Å². The lowest BCUT2D eigenvalue weighted by atomic mass is 10.0. The van der Waals surface area contributed by atoms with Gasteiger partial charge in [0, 0.05) is 25.3 Å². The molecular formula is C21H26FN3O7S. The quantitative estimate of drug-likeness (QED) is 0.590. The predicted molar refractivity (Wildman–Crippen MR) is 119 cm³/mol. The van der Waals surface area contributed by atoms with Crippen LogP contribution in [0.4, 0.5) is 19.7 Å². The van der Waals surface area contributed by atoms with E-state index in [-0.39, 0.29) is 50.1 Å². The monoisotopic (exact) mass is 483 g/mol. The number of methoxy groups -OCH3 is 1. The predicted octanol–water partition coefficient (Wildman–Crippen LogP) is 2.33. The van der Waals surface area contributed by atoms with Crippen molar-refractivity contribution in [2.45, 2.75) is 19.4 Å². The lowest BCUT2D eigenvalue weighted by molar-refractivity contribution is -0.119. The number of cyclic esters (lactones) is 1. The third-order valence-electron chi connectivity index (χ3n) is 5.10. The SMILES string of the molecule is COCCOC(=O)N=S1(=O)CC=C(c2ccc(N3C[C@H](CNC(C)=O)OC3=O)cc2F)CC1. The van der Waals surface area contributed by atoms with E-state index in [1.54, 1.807) is 18.2 Å². The number of hydrogen-bond donors (Lipinski definition) is 1. The second-order valence-electron chi connectivity index (χ2n) is 7.54. The minimum atomic E-state index is -2.82. The Morgan fingerprint density at radius 3 is 2.79 bits per heavy atom. The van der Waals surface area contributed by atoms with Gasteiger partial charge in [-0.3, -0.25) is 9.69 Å². The molecule has 0 spiro atoms. The third-order valence-corrected chi connectivity index (χ3v) is 7.11. The Balaban J connectivity index is 1.67. The molecule has 0 aliphatic carbocycles. The Bertz CT molecular complexity index is 1080. The van der Waals surface area contributed by atoms with Gasteiger partial charge in [0.1, 0.15) is 18.5 Å². The van der Waals surface area contributed by atoms with Crippen LogP contribution in [0, 0.1) is 5.82 Å². The molecule has 0 aromatic heterocycles. The van der Waals surface area contributed by atoms with Gasteiger partial charge in [-0.1, -0.05) is 6.08 Å². The first kappa shape index (κ1) is 24.6. The topological polar surface area (TPSA) is 124 Å². The van der Waals surface area contributed by atoms with E-state index in [1.165, 1.54) is 25.0 Å². The Hall–Kier alpha value is -2.99. The van der Waals surface area contributed by atoms with Gasteiger partial charge in [0.2, 0.25) is 5.91 Å². The van der Waals surface area contributed by atoms with Crippen molar-refractivity contribution in [2.75, 3.05) is 49.8 Å². The highest BCUT2D eigenvalue weighted by atomic mass is 32.2. The number of anilines is 1. The van der Waals surface area contributed by atoms with E-state index in [9.17, 15) is 23.0 Å². The molecule has 1 fully saturated rings. The van der Waals surface area contributed by atoms with Crippen LogP contribution in [0.5, 0.6) is 0 Å². The number of amides is 3. The molecule has 1 aromatic carbocycles. The maximum atomic E-state index is 14.9. The van der Waals surface area contributed by atoms with Crippen molar-refractivity contribution < 1.29 is 37.2 Å². The van der Waals surface area contributed by atoms with Gasteiger partial charge < -0.3 is 19.5 Å². The molecule has 2 heterocycles. The molecule has 10 nitrogen and oxygen atoms in total. The summed E-state index contributed by atoms with van der Waals surface area (Å²) in [6.07, 6.45) is -0.159. The van der Waals surface area contributed by atoms with E-state index in [4.69, 9.17) is 14.2 Å². The summed E-state index contributed by atoms with van der Waals surface area (Å²) in [6, 6.07) is 4.39. The summed E-state index contributed by atoms with van der Waals surface area (Å²) < 4.78 is 46.2. The van der Waals surface area contributed by atoms with E-state index >= 15 is 0 Å². The number of rotatable bonds is 7. The van der Waals surface area contributed by atoms with Crippen molar-refractivity contribution in [1.29, 1.82) is 0 Å². The lowest BCUT2D eigenvalue weighted by Crippen LogP contribution is -2.33. The number of carbonyl (C=O) groups is 3. The van der Waals surface area contributed by atoms with Gasteiger partial charge >= 0.3 is 12.2 Å². The molecule has 2 aliphatic heterocycles. The van der Waals surface area contributed by atoms with E-state index in [2.05, 4.69) is 9.68 Å². The van der Waals surface area contributed by atoms with Gasteiger partial charge in [-0.25, -0.2) is 18.2 Å². The molecule has 0 radical (unpaired) electrons. The van der Waals surface area contributed by atoms with Crippen LogP contribution in [0.2, 0.25) is 0 Å².